The van der Waals surface area contributed by atoms with Gasteiger partial charge in [0, 0.05) is 44.1 Å². The fourth-order valence-electron chi connectivity index (χ4n) is 1.74. The van der Waals surface area contributed by atoms with Crippen molar-refractivity contribution < 1.29 is 9.47 Å². The van der Waals surface area contributed by atoms with Crippen LogP contribution in [-0.2, 0) is 11.3 Å². The Bertz CT molecular complexity index is 342. The topological polar surface area (TPSA) is 47.7 Å². The molecule has 0 aliphatic carbocycles. The molecule has 0 fully saturated rings. The average Bonchev–Trinajstić information content (AvgIpc) is 2.32. The molecule has 0 spiro atoms. The van der Waals surface area contributed by atoms with Gasteiger partial charge in [-0.3, -0.25) is 0 Å². The number of methoxy groups -OCH3 is 2. The van der Waals surface area contributed by atoms with Crippen molar-refractivity contribution in [3.05, 3.63) is 23.8 Å². The second kappa shape index (κ2) is 7.14. The maximum Gasteiger partial charge on any atom is 0.125 e. The Labute approximate surface area is 103 Å². The predicted octanol–water partition coefficient (Wildman–Crippen LogP) is 1.75. The van der Waals surface area contributed by atoms with Gasteiger partial charge >= 0.3 is 0 Å². The van der Waals surface area contributed by atoms with Gasteiger partial charge in [-0.05, 0) is 19.5 Å². The molecule has 0 amide bonds. The molecule has 0 unspecified atom stereocenters. The third-order valence-electron chi connectivity index (χ3n) is 2.64. The normalized spacial score (nSPS) is 10.8. The molecular weight excluding hydrogens is 216 g/mol. The number of nitrogens with zero attached hydrogens (tertiary/aromatic N) is 1. The van der Waals surface area contributed by atoms with Crippen LogP contribution in [0.5, 0.6) is 5.75 Å². The first-order chi connectivity index (χ1) is 8.17. The third-order valence-corrected chi connectivity index (χ3v) is 2.64. The van der Waals surface area contributed by atoms with E-state index in [9.17, 15) is 0 Å². The van der Waals surface area contributed by atoms with E-state index in [-0.39, 0.29) is 0 Å². The zero-order chi connectivity index (χ0) is 12.7. The summed E-state index contributed by atoms with van der Waals surface area (Å²) in [5.74, 6) is 0.851. The number of rotatable bonds is 7. The van der Waals surface area contributed by atoms with Crippen LogP contribution in [0.2, 0.25) is 0 Å². The number of benzene rings is 1. The molecule has 0 heterocycles. The summed E-state index contributed by atoms with van der Waals surface area (Å²) < 4.78 is 10.4. The largest absolute Gasteiger partial charge is 0.496 e. The minimum Gasteiger partial charge on any atom is -0.496 e. The molecule has 4 heteroatoms. The molecule has 0 aliphatic rings. The minimum absolute atomic E-state index is 0.729. The second-order valence-electron chi connectivity index (χ2n) is 4.16. The summed E-state index contributed by atoms with van der Waals surface area (Å²) in [7, 11) is 5.48. The van der Waals surface area contributed by atoms with Gasteiger partial charge in [0.1, 0.15) is 5.75 Å². The highest BCUT2D eigenvalue weighted by Crippen LogP contribution is 2.22. The first-order valence-electron chi connectivity index (χ1n) is 5.77. The van der Waals surface area contributed by atoms with Crippen LogP contribution in [0.1, 0.15) is 12.0 Å². The second-order valence-corrected chi connectivity index (χ2v) is 4.16. The van der Waals surface area contributed by atoms with Gasteiger partial charge in [0.2, 0.25) is 0 Å². The van der Waals surface area contributed by atoms with E-state index in [1.807, 2.05) is 18.2 Å². The molecule has 1 rings (SSSR count). The van der Waals surface area contributed by atoms with Crippen molar-refractivity contribution in [3.63, 3.8) is 0 Å². The Balaban J connectivity index is 2.55. The Morgan fingerprint density at radius 2 is 2.06 bits per heavy atom. The van der Waals surface area contributed by atoms with Crippen LogP contribution >= 0.6 is 0 Å². The molecule has 0 aromatic heterocycles. The van der Waals surface area contributed by atoms with Crippen LogP contribution in [0.15, 0.2) is 18.2 Å². The summed E-state index contributed by atoms with van der Waals surface area (Å²) in [6.07, 6.45) is 1.03. The fourth-order valence-corrected chi connectivity index (χ4v) is 1.74. The molecule has 0 bridgehead atoms. The van der Waals surface area contributed by atoms with Crippen molar-refractivity contribution in [2.75, 3.05) is 40.2 Å². The van der Waals surface area contributed by atoms with Crippen molar-refractivity contribution in [1.82, 2.24) is 4.90 Å². The number of nitrogen functional groups attached to an aromatic ring is 1. The lowest BCUT2D eigenvalue weighted by molar-refractivity contribution is 0.178. The molecule has 1 aromatic rings. The Morgan fingerprint density at radius 1 is 1.29 bits per heavy atom. The molecular formula is C13H22N2O2. The summed E-state index contributed by atoms with van der Waals surface area (Å²) in [5.41, 5.74) is 7.61. The summed E-state index contributed by atoms with van der Waals surface area (Å²) in [6.45, 7) is 2.65. The van der Waals surface area contributed by atoms with Crippen molar-refractivity contribution in [2.24, 2.45) is 0 Å². The zero-order valence-electron chi connectivity index (χ0n) is 10.9. The van der Waals surface area contributed by atoms with Gasteiger partial charge in [-0.2, -0.15) is 0 Å². The quantitative estimate of drug-likeness (QED) is 0.580. The molecule has 0 radical (unpaired) electrons. The predicted molar refractivity (Wildman–Crippen MR) is 70.2 cm³/mol. The standard InChI is InChI=1S/C13H22N2O2/c1-15(7-4-8-16-2)10-11-5-6-12(14)9-13(11)17-3/h5-6,9H,4,7-8,10,14H2,1-3H3. The SMILES string of the molecule is COCCCN(C)Cc1ccc(N)cc1OC. The highest BCUT2D eigenvalue weighted by molar-refractivity contribution is 5.48. The van der Waals surface area contributed by atoms with Crippen molar-refractivity contribution in [2.45, 2.75) is 13.0 Å². The van der Waals surface area contributed by atoms with E-state index in [1.54, 1.807) is 14.2 Å². The molecule has 17 heavy (non-hydrogen) atoms. The van der Waals surface area contributed by atoms with Crippen molar-refractivity contribution >= 4 is 5.69 Å². The van der Waals surface area contributed by atoms with E-state index in [0.29, 0.717) is 0 Å². The Morgan fingerprint density at radius 3 is 2.71 bits per heavy atom. The average molecular weight is 238 g/mol. The Kier molecular flexibility index (Phi) is 5.80. The minimum atomic E-state index is 0.729. The van der Waals surface area contributed by atoms with Crippen LogP contribution in [-0.4, -0.2) is 39.3 Å². The monoisotopic (exact) mass is 238 g/mol. The molecule has 96 valence electrons. The van der Waals surface area contributed by atoms with E-state index < -0.39 is 0 Å². The van der Waals surface area contributed by atoms with Gasteiger partial charge in [0.05, 0.1) is 7.11 Å². The number of ether oxygens (including phenoxy) is 2. The van der Waals surface area contributed by atoms with E-state index in [4.69, 9.17) is 15.2 Å². The van der Waals surface area contributed by atoms with Crippen LogP contribution in [0, 0.1) is 0 Å². The summed E-state index contributed by atoms with van der Waals surface area (Å²) in [6, 6.07) is 5.78. The number of nitrogens with two attached hydrogens (primary N) is 1. The lowest BCUT2D eigenvalue weighted by Crippen LogP contribution is -2.20. The number of anilines is 1. The number of hydrogen-bond donors (Lipinski definition) is 1. The molecule has 0 aliphatic heterocycles. The molecule has 4 nitrogen and oxygen atoms in total. The number of hydrogen-bond acceptors (Lipinski definition) is 4. The highest BCUT2D eigenvalue weighted by atomic mass is 16.5. The van der Waals surface area contributed by atoms with Crippen molar-refractivity contribution in [3.8, 4) is 5.75 Å². The van der Waals surface area contributed by atoms with Gasteiger partial charge in [-0.15, -0.1) is 0 Å². The molecule has 1 aromatic carbocycles. The third kappa shape index (κ3) is 4.63. The van der Waals surface area contributed by atoms with Gasteiger partial charge in [0.25, 0.3) is 0 Å². The van der Waals surface area contributed by atoms with Crippen LogP contribution < -0.4 is 10.5 Å². The van der Waals surface area contributed by atoms with Crippen LogP contribution in [0.25, 0.3) is 0 Å². The van der Waals surface area contributed by atoms with E-state index in [0.717, 1.165) is 43.1 Å². The highest BCUT2D eigenvalue weighted by Gasteiger charge is 2.06. The fraction of sp³-hybridized carbons (Fsp3) is 0.538. The van der Waals surface area contributed by atoms with Gasteiger partial charge in [-0.1, -0.05) is 6.07 Å². The van der Waals surface area contributed by atoms with E-state index in [1.165, 1.54) is 0 Å². The summed E-state index contributed by atoms with van der Waals surface area (Å²) in [5, 5.41) is 0. The van der Waals surface area contributed by atoms with Gasteiger partial charge in [0.15, 0.2) is 0 Å². The maximum absolute atomic E-state index is 5.72. The first-order valence-corrected chi connectivity index (χ1v) is 5.77. The first kappa shape index (κ1) is 13.8. The smallest absolute Gasteiger partial charge is 0.125 e. The van der Waals surface area contributed by atoms with E-state index >= 15 is 0 Å². The molecule has 0 saturated carbocycles. The van der Waals surface area contributed by atoms with Crippen molar-refractivity contribution in [1.29, 1.82) is 0 Å². The van der Waals surface area contributed by atoms with Crippen LogP contribution in [0.3, 0.4) is 0 Å². The summed E-state index contributed by atoms with van der Waals surface area (Å²) in [4.78, 5) is 2.24. The van der Waals surface area contributed by atoms with Gasteiger partial charge in [-0.25, -0.2) is 0 Å². The zero-order valence-corrected chi connectivity index (χ0v) is 10.9. The lowest BCUT2D eigenvalue weighted by Gasteiger charge is -2.18. The summed E-state index contributed by atoms with van der Waals surface area (Å²) >= 11 is 0. The van der Waals surface area contributed by atoms with Gasteiger partial charge < -0.3 is 20.1 Å². The Hall–Kier alpha value is -1.26. The maximum atomic E-state index is 5.72. The molecule has 0 atom stereocenters. The van der Waals surface area contributed by atoms with E-state index in [2.05, 4.69) is 11.9 Å². The molecule has 2 N–H and O–H groups in total. The lowest BCUT2D eigenvalue weighted by atomic mass is 10.1. The van der Waals surface area contributed by atoms with Crippen LogP contribution in [0.4, 0.5) is 5.69 Å². The molecule has 0 saturated heterocycles.